The Bertz CT molecular complexity index is 1090. The standard InChI is InChI=1S/C15H10I3NO9S/c16-8-6-9(17)14(20)13(18)12(8)15(21)28-4-3-27-11-2-1-7(29(24,25)26)5-10(11)19(22)23/h1-2,5-6,20H,3-4H2,(H,24,25,26)/p-1. The molecular weight excluding hydrogens is 751 g/mol. The number of phenols is 1. The van der Waals surface area contributed by atoms with Gasteiger partial charge >= 0.3 is 11.7 Å². The summed E-state index contributed by atoms with van der Waals surface area (Å²) in [5.41, 5.74) is -0.528. The van der Waals surface area contributed by atoms with Crippen LogP contribution in [0.15, 0.2) is 29.2 Å². The second-order valence-electron chi connectivity index (χ2n) is 5.20. The number of nitro benzene ring substituents is 1. The van der Waals surface area contributed by atoms with Crippen LogP contribution < -0.4 is 4.74 Å². The normalized spacial score (nSPS) is 11.2. The summed E-state index contributed by atoms with van der Waals surface area (Å²) in [7, 11) is -4.86. The van der Waals surface area contributed by atoms with E-state index in [-0.39, 0.29) is 30.3 Å². The maximum atomic E-state index is 12.3. The van der Waals surface area contributed by atoms with Gasteiger partial charge in [-0.15, -0.1) is 0 Å². The molecule has 0 amide bonds. The number of phenolic OH excluding ortho intramolecular Hbond substituents is 1. The molecule has 2 rings (SSSR count). The summed E-state index contributed by atoms with van der Waals surface area (Å²) >= 11 is 5.68. The first-order chi connectivity index (χ1) is 13.4. The van der Waals surface area contributed by atoms with E-state index in [1.807, 2.05) is 67.8 Å². The van der Waals surface area contributed by atoms with Gasteiger partial charge in [0.05, 0.1) is 22.5 Å². The van der Waals surface area contributed by atoms with Crippen molar-refractivity contribution >= 4 is 89.5 Å². The van der Waals surface area contributed by atoms with Gasteiger partial charge in [-0.05, 0) is 86.0 Å². The maximum absolute atomic E-state index is 12.3. The average molecular weight is 760 g/mol. The Morgan fingerprint density at radius 2 is 1.79 bits per heavy atom. The van der Waals surface area contributed by atoms with E-state index in [2.05, 4.69) is 0 Å². The summed E-state index contributed by atoms with van der Waals surface area (Å²) in [6.07, 6.45) is 0. The predicted octanol–water partition coefficient (Wildman–Crippen LogP) is 3.25. The third-order valence-electron chi connectivity index (χ3n) is 3.34. The fourth-order valence-electron chi connectivity index (χ4n) is 2.04. The van der Waals surface area contributed by atoms with E-state index >= 15 is 0 Å². The number of halogens is 3. The van der Waals surface area contributed by atoms with Crippen molar-refractivity contribution in [3.05, 3.63) is 50.7 Å². The van der Waals surface area contributed by atoms with Crippen molar-refractivity contribution in [3.8, 4) is 11.5 Å². The minimum Gasteiger partial charge on any atom is -0.744 e. The minimum absolute atomic E-state index is 0.0427. The van der Waals surface area contributed by atoms with E-state index in [0.29, 0.717) is 16.8 Å². The Balaban J connectivity index is 2.07. The van der Waals surface area contributed by atoms with Gasteiger partial charge in [0.2, 0.25) is 0 Å². The number of ether oxygens (including phenoxy) is 2. The monoisotopic (exact) mass is 760 g/mol. The Morgan fingerprint density at radius 3 is 2.38 bits per heavy atom. The quantitative estimate of drug-likeness (QED) is 0.112. The van der Waals surface area contributed by atoms with Crippen LogP contribution in [-0.2, 0) is 14.9 Å². The zero-order chi connectivity index (χ0) is 21.9. The fourth-order valence-corrected chi connectivity index (χ4v) is 6.34. The van der Waals surface area contributed by atoms with E-state index in [9.17, 15) is 33.0 Å². The number of hydrogen-bond donors (Lipinski definition) is 1. The largest absolute Gasteiger partial charge is 0.744 e. The lowest BCUT2D eigenvalue weighted by Crippen LogP contribution is -2.15. The molecule has 0 bridgehead atoms. The Kier molecular flexibility index (Phi) is 8.27. The molecule has 0 saturated heterocycles. The molecule has 0 heterocycles. The summed E-state index contributed by atoms with van der Waals surface area (Å²) in [5.74, 6) is -1.04. The van der Waals surface area contributed by atoms with Crippen LogP contribution in [0, 0.1) is 20.8 Å². The third kappa shape index (κ3) is 6.01. The first-order valence-electron chi connectivity index (χ1n) is 7.34. The lowest BCUT2D eigenvalue weighted by molar-refractivity contribution is -0.386. The van der Waals surface area contributed by atoms with E-state index in [4.69, 9.17) is 9.47 Å². The summed E-state index contributed by atoms with van der Waals surface area (Å²) in [4.78, 5) is 21.7. The van der Waals surface area contributed by atoms with Gasteiger partial charge in [0.1, 0.15) is 29.1 Å². The van der Waals surface area contributed by atoms with Crippen molar-refractivity contribution in [2.24, 2.45) is 0 Å². The van der Waals surface area contributed by atoms with Gasteiger partial charge in [-0.25, -0.2) is 13.2 Å². The molecule has 0 aliphatic rings. The van der Waals surface area contributed by atoms with E-state index in [1.165, 1.54) is 0 Å². The van der Waals surface area contributed by atoms with E-state index in [0.717, 1.165) is 12.1 Å². The molecule has 10 nitrogen and oxygen atoms in total. The van der Waals surface area contributed by atoms with Crippen molar-refractivity contribution in [3.63, 3.8) is 0 Å². The zero-order valence-corrected chi connectivity index (χ0v) is 21.2. The Hall–Kier alpha value is -0.990. The van der Waals surface area contributed by atoms with Gasteiger partial charge in [-0.1, -0.05) is 0 Å². The van der Waals surface area contributed by atoms with Crippen LogP contribution in [0.3, 0.4) is 0 Å². The molecule has 0 atom stereocenters. The van der Waals surface area contributed by atoms with Crippen LogP contribution in [0.4, 0.5) is 5.69 Å². The number of nitro groups is 1. The highest BCUT2D eigenvalue weighted by Crippen LogP contribution is 2.33. The second-order valence-corrected chi connectivity index (χ2v) is 9.99. The van der Waals surface area contributed by atoms with E-state index < -0.39 is 31.6 Å². The van der Waals surface area contributed by atoms with Gasteiger partial charge in [0.15, 0.2) is 5.75 Å². The molecule has 0 saturated carbocycles. The fraction of sp³-hybridized carbons (Fsp3) is 0.133. The van der Waals surface area contributed by atoms with Gasteiger partial charge in [0.25, 0.3) is 0 Å². The molecule has 0 unspecified atom stereocenters. The zero-order valence-electron chi connectivity index (χ0n) is 13.9. The van der Waals surface area contributed by atoms with Crippen molar-refractivity contribution in [2.45, 2.75) is 4.90 Å². The SMILES string of the molecule is O=C(OCCOc1ccc(S(=O)(=O)[O-])cc1[N+](=O)[O-])c1c(I)cc(I)c(O)c1I. The first kappa shape index (κ1) is 24.3. The van der Waals surface area contributed by atoms with Crippen molar-refractivity contribution in [1.82, 2.24) is 0 Å². The van der Waals surface area contributed by atoms with Gasteiger partial charge < -0.3 is 19.1 Å². The van der Waals surface area contributed by atoms with Crippen LogP contribution in [0.2, 0.25) is 0 Å². The molecule has 156 valence electrons. The van der Waals surface area contributed by atoms with Crippen LogP contribution in [0.25, 0.3) is 0 Å². The first-order valence-corrected chi connectivity index (χ1v) is 12.0. The van der Waals surface area contributed by atoms with Crippen LogP contribution >= 0.6 is 67.8 Å². The van der Waals surface area contributed by atoms with Crippen molar-refractivity contribution in [1.29, 1.82) is 0 Å². The summed E-state index contributed by atoms with van der Waals surface area (Å²) in [5, 5.41) is 21.0. The molecule has 29 heavy (non-hydrogen) atoms. The number of nitrogens with zero attached hydrogens (tertiary/aromatic N) is 1. The van der Waals surface area contributed by atoms with Crippen LogP contribution in [-0.4, -0.2) is 42.2 Å². The number of esters is 1. The van der Waals surface area contributed by atoms with Gasteiger partial charge in [-0.3, -0.25) is 10.1 Å². The predicted molar refractivity (Wildman–Crippen MR) is 123 cm³/mol. The Morgan fingerprint density at radius 1 is 1.14 bits per heavy atom. The second kappa shape index (κ2) is 9.88. The molecule has 0 spiro atoms. The molecule has 0 aromatic heterocycles. The van der Waals surface area contributed by atoms with Gasteiger partial charge in [0, 0.05) is 9.64 Å². The average Bonchev–Trinajstić information content (AvgIpc) is 2.62. The minimum atomic E-state index is -4.86. The van der Waals surface area contributed by atoms with Crippen LogP contribution in [0.5, 0.6) is 11.5 Å². The lowest BCUT2D eigenvalue weighted by Gasteiger charge is -2.12. The third-order valence-corrected chi connectivity index (χ3v) is 6.89. The smallest absolute Gasteiger partial charge is 0.340 e. The van der Waals surface area contributed by atoms with E-state index in [1.54, 1.807) is 6.07 Å². The number of benzene rings is 2. The highest BCUT2D eigenvalue weighted by atomic mass is 127. The molecule has 0 radical (unpaired) electrons. The number of aromatic hydroxyl groups is 1. The van der Waals surface area contributed by atoms with Crippen molar-refractivity contribution < 1.29 is 37.3 Å². The summed E-state index contributed by atoms with van der Waals surface area (Å²) in [6.45, 7) is -0.532. The number of carbonyl (C=O) groups is 1. The molecule has 1 N–H and O–H groups in total. The molecule has 2 aromatic rings. The molecule has 0 aliphatic heterocycles. The molecule has 0 aliphatic carbocycles. The lowest BCUT2D eigenvalue weighted by atomic mass is 10.2. The van der Waals surface area contributed by atoms with Crippen molar-refractivity contribution in [2.75, 3.05) is 13.2 Å². The topological polar surface area (TPSA) is 156 Å². The van der Waals surface area contributed by atoms with Crippen LogP contribution in [0.1, 0.15) is 10.4 Å². The number of hydrogen-bond acceptors (Lipinski definition) is 9. The number of carbonyl (C=O) groups excluding carboxylic acids is 1. The molecular formula is C15H9I3NO9S-. The summed E-state index contributed by atoms with van der Waals surface area (Å²) in [6, 6.07) is 4.08. The summed E-state index contributed by atoms with van der Waals surface area (Å²) < 4.78 is 44.7. The van der Waals surface area contributed by atoms with Gasteiger partial charge in [-0.2, -0.15) is 0 Å². The maximum Gasteiger partial charge on any atom is 0.340 e. The highest BCUT2D eigenvalue weighted by Gasteiger charge is 2.21. The number of rotatable bonds is 7. The molecule has 0 fully saturated rings. The highest BCUT2D eigenvalue weighted by molar-refractivity contribution is 14.1. The molecule has 14 heteroatoms. The molecule has 2 aromatic carbocycles. The Labute approximate surface area is 205 Å².